The van der Waals surface area contributed by atoms with Crippen LogP contribution in [0.2, 0.25) is 0 Å². The maximum absolute atomic E-state index is 11.4. The van der Waals surface area contributed by atoms with Crippen LogP contribution in [0.3, 0.4) is 0 Å². The average molecular weight is 245 g/mol. The summed E-state index contributed by atoms with van der Waals surface area (Å²) in [5.41, 5.74) is 0.634. The number of halogens is 1. The maximum atomic E-state index is 11.4. The molecule has 1 heterocycles. The van der Waals surface area contributed by atoms with Crippen molar-refractivity contribution in [3.63, 3.8) is 0 Å². The van der Waals surface area contributed by atoms with E-state index in [1.807, 2.05) is 6.92 Å². The molecule has 0 radical (unpaired) electrons. The molecule has 0 aliphatic heterocycles. The minimum atomic E-state index is -0.0397. The Morgan fingerprint density at radius 3 is 2.85 bits per heavy atom. The van der Waals surface area contributed by atoms with E-state index < -0.39 is 0 Å². The van der Waals surface area contributed by atoms with Gasteiger partial charge in [0.25, 0.3) is 5.56 Å². The molecule has 0 bridgehead atoms. The number of nitrogens with one attached hydrogen (secondary N) is 1. The van der Waals surface area contributed by atoms with Gasteiger partial charge in [0, 0.05) is 23.0 Å². The van der Waals surface area contributed by atoms with Crippen molar-refractivity contribution in [3.8, 4) is 0 Å². The molecule has 0 aliphatic carbocycles. The van der Waals surface area contributed by atoms with E-state index >= 15 is 0 Å². The second-order valence-electron chi connectivity index (χ2n) is 3.07. The van der Waals surface area contributed by atoms with Gasteiger partial charge >= 0.3 is 0 Å². The first-order valence-corrected chi connectivity index (χ1v) is 5.45. The Balaban J connectivity index is 3.03. The summed E-state index contributed by atoms with van der Waals surface area (Å²) in [6, 6.07) is 0. The minimum absolute atomic E-state index is 0.0397. The smallest absolute Gasteiger partial charge is 0.254 e. The second-order valence-corrected chi connectivity index (χ2v) is 3.63. The fourth-order valence-electron chi connectivity index (χ4n) is 0.974. The Bertz CT molecular complexity index is 335. The summed E-state index contributed by atoms with van der Waals surface area (Å²) in [6.45, 7) is 4.12. The Hall–Kier alpha value is -0.640. The van der Waals surface area contributed by atoms with Crippen LogP contribution in [0, 0.1) is 0 Å². The summed E-state index contributed by atoms with van der Waals surface area (Å²) < 4.78 is 0. The van der Waals surface area contributed by atoms with Gasteiger partial charge in [-0.05, 0) is 6.42 Å². The molecule has 1 aromatic heterocycles. The second kappa shape index (κ2) is 4.56. The van der Waals surface area contributed by atoms with Gasteiger partial charge in [0.05, 0.1) is 0 Å². The quantitative estimate of drug-likeness (QED) is 0.829. The van der Waals surface area contributed by atoms with Crippen molar-refractivity contribution in [2.75, 3.05) is 0 Å². The molecule has 0 fully saturated rings. The molecule has 4 heteroatoms. The van der Waals surface area contributed by atoms with Gasteiger partial charge in [0.1, 0.15) is 5.82 Å². The number of hydrogen-bond donors (Lipinski definition) is 1. The summed E-state index contributed by atoms with van der Waals surface area (Å²) in [5.74, 6) is 1.09. The number of alkyl halides is 1. The number of aromatic amines is 1. The van der Waals surface area contributed by atoms with Gasteiger partial charge in [0.15, 0.2) is 0 Å². The lowest BCUT2D eigenvalue weighted by molar-refractivity contribution is 0.672. The monoisotopic (exact) mass is 244 g/mol. The SMILES string of the molecule is CCC(C)c1ncc(CBr)c(=O)[nH]1. The van der Waals surface area contributed by atoms with E-state index in [0.29, 0.717) is 16.8 Å². The Morgan fingerprint density at radius 1 is 1.69 bits per heavy atom. The highest BCUT2D eigenvalue weighted by Gasteiger charge is 2.06. The molecule has 0 aromatic carbocycles. The topological polar surface area (TPSA) is 45.8 Å². The third-order valence-corrected chi connectivity index (χ3v) is 2.72. The number of nitrogens with zero attached hydrogens (tertiary/aromatic N) is 1. The van der Waals surface area contributed by atoms with Gasteiger partial charge in [-0.2, -0.15) is 0 Å². The van der Waals surface area contributed by atoms with Gasteiger partial charge in [-0.25, -0.2) is 4.98 Å². The average Bonchev–Trinajstić information content (AvgIpc) is 2.16. The van der Waals surface area contributed by atoms with Crippen molar-refractivity contribution in [2.45, 2.75) is 31.5 Å². The van der Waals surface area contributed by atoms with Crippen LogP contribution in [0.15, 0.2) is 11.0 Å². The van der Waals surface area contributed by atoms with E-state index in [-0.39, 0.29) is 5.56 Å². The third-order valence-electron chi connectivity index (χ3n) is 2.12. The molecular weight excluding hydrogens is 232 g/mol. The zero-order valence-electron chi connectivity index (χ0n) is 7.80. The zero-order chi connectivity index (χ0) is 9.84. The molecule has 1 unspecified atom stereocenters. The van der Waals surface area contributed by atoms with E-state index in [9.17, 15) is 4.79 Å². The van der Waals surface area contributed by atoms with E-state index in [2.05, 4.69) is 32.8 Å². The predicted molar refractivity (Wildman–Crippen MR) is 56.2 cm³/mol. The third kappa shape index (κ3) is 2.40. The van der Waals surface area contributed by atoms with E-state index in [1.165, 1.54) is 0 Å². The van der Waals surface area contributed by atoms with Crippen LogP contribution in [-0.2, 0) is 5.33 Å². The Morgan fingerprint density at radius 2 is 2.38 bits per heavy atom. The lowest BCUT2D eigenvalue weighted by Gasteiger charge is -2.06. The van der Waals surface area contributed by atoms with Gasteiger partial charge in [-0.15, -0.1) is 0 Å². The summed E-state index contributed by atoms with van der Waals surface area (Å²) >= 11 is 3.23. The summed E-state index contributed by atoms with van der Waals surface area (Å²) in [5, 5.41) is 0.552. The molecule has 3 nitrogen and oxygen atoms in total. The number of rotatable bonds is 3. The van der Waals surface area contributed by atoms with Crippen LogP contribution >= 0.6 is 15.9 Å². The number of H-pyrrole nitrogens is 1. The molecular formula is C9H13BrN2O. The van der Waals surface area contributed by atoms with Crippen molar-refractivity contribution in [1.29, 1.82) is 0 Å². The molecule has 72 valence electrons. The first kappa shape index (κ1) is 10.4. The van der Waals surface area contributed by atoms with Crippen LogP contribution < -0.4 is 5.56 Å². The summed E-state index contributed by atoms with van der Waals surface area (Å²) in [6.07, 6.45) is 2.62. The molecule has 1 N–H and O–H groups in total. The number of aromatic nitrogens is 2. The molecule has 1 aromatic rings. The normalized spacial score (nSPS) is 12.8. The van der Waals surface area contributed by atoms with E-state index in [4.69, 9.17) is 0 Å². The van der Waals surface area contributed by atoms with Crippen LogP contribution in [0.4, 0.5) is 0 Å². The van der Waals surface area contributed by atoms with Crippen molar-refractivity contribution in [3.05, 3.63) is 27.9 Å². The standard InChI is InChI=1S/C9H13BrN2O/c1-3-6(2)8-11-5-7(4-10)9(13)12-8/h5-6H,3-4H2,1-2H3,(H,11,12,13). The molecule has 0 aliphatic rings. The summed E-state index contributed by atoms with van der Waals surface area (Å²) in [7, 11) is 0. The fourth-order valence-corrected chi connectivity index (χ4v) is 1.37. The van der Waals surface area contributed by atoms with Crippen LogP contribution in [0.25, 0.3) is 0 Å². The minimum Gasteiger partial charge on any atom is -0.310 e. The predicted octanol–water partition coefficient (Wildman–Crippen LogP) is 2.18. The van der Waals surface area contributed by atoms with Gasteiger partial charge in [0.2, 0.25) is 0 Å². The maximum Gasteiger partial charge on any atom is 0.254 e. The van der Waals surface area contributed by atoms with Gasteiger partial charge in [-0.1, -0.05) is 29.8 Å². The highest BCUT2D eigenvalue weighted by molar-refractivity contribution is 9.08. The number of hydrogen-bond acceptors (Lipinski definition) is 2. The van der Waals surface area contributed by atoms with Crippen molar-refractivity contribution < 1.29 is 0 Å². The van der Waals surface area contributed by atoms with Crippen LogP contribution in [-0.4, -0.2) is 9.97 Å². The Kier molecular flexibility index (Phi) is 3.66. The lowest BCUT2D eigenvalue weighted by Crippen LogP contribution is -2.16. The van der Waals surface area contributed by atoms with Gasteiger partial charge < -0.3 is 4.98 Å². The van der Waals surface area contributed by atoms with Crippen LogP contribution in [0.5, 0.6) is 0 Å². The highest BCUT2D eigenvalue weighted by atomic mass is 79.9. The largest absolute Gasteiger partial charge is 0.310 e. The molecule has 13 heavy (non-hydrogen) atoms. The molecule has 1 atom stereocenters. The van der Waals surface area contributed by atoms with Crippen LogP contribution in [0.1, 0.15) is 37.6 Å². The first-order chi connectivity index (χ1) is 6.19. The lowest BCUT2D eigenvalue weighted by atomic mass is 10.1. The Labute approximate surface area is 85.7 Å². The molecule has 0 amide bonds. The zero-order valence-corrected chi connectivity index (χ0v) is 9.39. The van der Waals surface area contributed by atoms with E-state index in [0.717, 1.165) is 12.2 Å². The molecule has 1 rings (SSSR count). The molecule has 0 saturated carbocycles. The molecule has 0 saturated heterocycles. The van der Waals surface area contributed by atoms with E-state index in [1.54, 1.807) is 6.20 Å². The first-order valence-electron chi connectivity index (χ1n) is 4.33. The molecule has 0 spiro atoms. The van der Waals surface area contributed by atoms with Crippen molar-refractivity contribution in [2.24, 2.45) is 0 Å². The van der Waals surface area contributed by atoms with Crippen molar-refractivity contribution >= 4 is 15.9 Å². The van der Waals surface area contributed by atoms with Crippen molar-refractivity contribution in [1.82, 2.24) is 9.97 Å². The summed E-state index contributed by atoms with van der Waals surface area (Å²) in [4.78, 5) is 18.3. The van der Waals surface area contributed by atoms with Gasteiger partial charge in [-0.3, -0.25) is 4.79 Å². The fraction of sp³-hybridized carbons (Fsp3) is 0.556. The highest BCUT2D eigenvalue weighted by Crippen LogP contribution is 2.12.